The van der Waals surface area contributed by atoms with E-state index in [-0.39, 0.29) is 22.9 Å². The summed E-state index contributed by atoms with van der Waals surface area (Å²) >= 11 is 0. The predicted octanol–water partition coefficient (Wildman–Crippen LogP) is 1.98. The van der Waals surface area contributed by atoms with Gasteiger partial charge in [-0.25, -0.2) is 0 Å². The molecule has 0 radical (unpaired) electrons. The molecule has 1 amide bonds. The third-order valence-corrected chi connectivity index (χ3v) is 2.42. The van der Waals surface area contributed by atoms with Crippen LogP contribution in [-0.4, -0.2) is 22.4 Å². The molecule has 0 atom stereocenters. The fourth-order valence-electron chi connectivity index (χ4n) is 1.64. The number of anilines is 1. The first-order valence-electron chi connectivity index (χ1n) is 5.25. The molecule has 2 heterocycles. The Morgan fingerprint density at radius 3 is 2.89 bits per heavy atom. The number of halogens is 2. The van der Waals surface area contributed by atoms with Crippen LogP contribution in [0.3, 0.4) is 0 Å². The summed E-state index contributed by atoms with van der Waals surface area (Å²) in [6.07, 6.45) is -2.32. The summed E-state index contributed by atoms with van der Waals surface area (Å²) in [5.74, 6) is -0.863. The van der Waals surface area contributed by atoms with E-state index in [2.05, 4.69) is 25.0 Å². The number of rotatable bonds is 2. The van der Waals surface area contributed by atoms with E-state index < -0.39 is 12.2 Å². The summed E-state index contributed by atoms with van der Waals surface area (Å²) < 4.78 is 34.5. The number of hydrogen-bond donors (Lipinski definition) is 2. The van der Waals surface area contributed by atoms with E-state index in [4.69, 9.17) is 0 Å². The number of amides is 1. The second kappa shape index (κ2) is 3.94. The lowest BCUT2D eigenvalue weighted by Crippen LogP contribution is -2.26. The largest absolute Gasteiger partial charge is 0.586 e. The number of fused-ring (bicyclic) bond motifs is 1. The summed E-state index contributed by atoms with van der Waals surface area (Å²) in [4.78, 5) is 11.8. The second-order valence-corrected chi connectivity index (χ2v) is 3.72. The van der Waals surface area contributed by atoms with Gasteiger partial charge in [-0.3, -0.25) is 9.89 Å². The normalized spacial score (nSPS) is 15.3. The maximum Gasteiger partial charge on any atom is 0.586 e. The molecule has 3 rings (SSSR count). The van der Waals surface area contributed by atoms with Gasteiger partial charge in [-0.1, -0.05) is 6.07 Å². The van der Waals surface area contributed by atoms with E-state index in [0.29, 0.717) is 0 Å². The zero-order valence-electron chi connectivity index (χ0n) is 9.31. The first-order valence-corrected chi connectivity index (χ1v) is 5.25. The number of nitrogens with one attached hydrogen (secondary N) is 2. The van der Waals surface area contributed by atoms with Crippen LogP contribution in [-0.2, 0) is 0 Å². The van der Waals surface area contributed by atoms with Crippen molar-refractivity contribution >= 4 is 11.6 Å². The molecule has 1 aliphatic rings. The minimum Gasteiger partial charge on any atom is -0.395 e. The highest BCUT2D eigenvalue weighted by Crippen LogP contribution is 2.45. The van der Waals surface area contributed by atoms with Crippen LogP contribution < -0.4 is 14.8 Å². The Kier molecular flexibility index (Phi) is 2.37. The maximum atomic E-state index is 13.0. The molecule has 1 aliphatic heterocycles. The average Bonchev–Trinajstić information content (AvgIpc) is 2.94. The fourth-order valence-corrected chi connectivity index (χ4v) is 1.64. The zero-order valence-corrected chi connectivity index (χ0v) is 9.31. The molecule has 0 spiro atoms. The lowest BCUT2D eigenvalue weighted by molar-refractivity contribution is -0.286. The molecule has 6 nitrogen and oxygen atoms in total. The van der Waals surface area contributed by atoms with E-state index >= 15 is 0 Å². The number of alkyl halides is 2. The van der Waals surface area contributed by atoms with Crippen molar-refractivity contribution in [3.8, 4) is 11.5 Å². The highest BCUT2D eigenvalue weighted by atomic mass is 19.3. The number of benzene rings is 1. The Morgan fingerprint density at radius 1 is 1.32 bits per heavy atom. The number of nitrogens with zero attached hydrogens (tertiary/aromatic N) is 1. The van der Waals surface area contributed by atoms with Crippen LogP contribution >= 0.6 is 0 Å². The molecule has 0 bridgehead atoms. The number of carbonyl (C=O) groups excluding carboxylic acids is 1. The van der Waals surface area contributed by atoms with Crippen molar-refractivity contribution in [2.45, 2.75) is 6.29 Å². The van der Waals surface area contributed by atoms with Gasteiger partial charge in [0.1, 0.15) is 5.69 Å². The van der Waals surface area contributed by atoms with E-state index in [9.17, 15) is 13.6 Å². The number of hydrogen-bond acceptors (Lipinski definition) is 4. The van der Waals surface area contributed by atoms with Crippen molar-refractivity contribution in [3.05, 3.63) is 36.2 Å². The Morgan fingerprint density at radius 2 is 2.16 bits per heavy atom. The van der Waals surface area contributed by atoms with Crippen molar-refractivity contribution in [1.29, 1.82) is 0 Å². The van der Waals surface area contributed by atoms with Crippen molar-refractivity contribution in [3.63, 3.8) is 0 Å². The Hall–Kier alpha value is -2.64. The van der Waals surface area contributed by atoms with Crippen LogP contribution in [0.2, 0.25) is 0 Å². The van der Waals surface area contributed by atoms with E-state index in [1.807, 2.05) is 0 Å². The van der Waals surface area contributed by atoms with Crippen LogP contribution in [0.5, 0.6) is 11.5 Å². The molecule has 0 unspecified atom stereocenters. The summed E-state index contributed by atoms with van der Waals surface area (Å²) in [6, 6.07) is 5.66. The maximum absolute atomic E-state index is 13.0. The van der Waals surface area contributed by atoms with Gasteiger partial charge in [0.05, 0.1) is 5.69 Å². The third-order valence-electron chi connectivity index (χ3n) is 2.42. The standard InChI is InChI=1S/C11H7F2N3O3/c12-11(13)18-8-3-1-2-6(9(8)19-11)15-10(17)7-4-5-14-16-7/h1-5H,(H,14,16)(H,15,17). The minimum absolute atomic E-state index is 0.0919. The van der Waals surface area contributed by atoms with Gasteiger partial charge in [0.2, 0.25) is 0 Å². The molecule has 1 aromatic carbocycles. The lowest BCUT2D eigenvalue weighted by Gasteiger charge is -2.07. The molecule has 0 saturated heterocycles. The lowest BCUT2D eigenvalue weighted by atomic mass is 10.2. The monoisotopic (exact) mass is 267 g/mol. The summed E-state index contributed by atoms with van der Waals surface area (Å²) in [7, 11) is 0. The molecule has 0 fully saturated rings. The van der Waals surface area contributed by atoms with E-state index in [1.54, 1.807) is 0 Å². The molecule has 0 aliphatic carbocycles. The van der Waals surface area contributed by atoms with E-state index in [0.717, 1.165) is 0 Å². The molecule has 1 aromatic heterocycles. The molecule has 8 heteroatoms. The number of aromatic nitrogens is 2. The van der Waals surface area contributed by atoms with Crippen LogP contribution in [0.1, 0.15) is 10.5 Å². The number of para-hydroxylation sites is 1. The Labute approximate surface area is 105 Å². The summed E-state index contributed by atoms with van der Waals surface area (Å²) in [6.45, 7) is 0. The number of H-pyrrole nitrogens is 1. The minimum atomic E-state index is -3.73. The molecule has 0 saturated carbocycles. The highest BCUT2D eigenvalue weighted by Gasteiger charge is 2.44. The number of carbonyl (C=O) groups is 1. The molecule has 19 heavy (non-hydrogen) atoms. The van der Waals surface area contributed by atoms with Crippen molar-refractivity contribution in [2.24, 2.45) is 0 Å². The molecular formula is C11H7F2N3O3. The topological polar surface area (TPSA) is 76.2 Å². The van der Waals surface area contributed by atoms with Gasteiger partial charge in [0, 0.05) is 6.20 Å². The number of aromatic amines is 1. The summed E-state index contributed by atoms with van der Waals surface area (Å²) in [5.41, 5.74) is 0.289. The van der Waals surface area contributed by atoms with Gasteiger partial charge >= 0.3 is 6.29 Å². The first kappa shape index (κ1) is 11.5. The predicted molar refractivity (Wildman–Crippen MR) is 59.2 cm³/mol. The van der Waals surface area contributed by atoms with Gasteiger partial charge in [-0.2, -0.15) is 5.10 Å². The SMILES string of the molecule is O=C(Nc1cccc2c1OC(F)(F)O2)c1ccn[nH]1. The molecular weight excluding hydrogens is 260 g/mol. The van der Waals surface area contributed by atoms with Crippen molar-refractivity contribution in [2.75, 3.05) is 5.32 Å². The van der Waals surface area contributed by atoms with Gasteiger partial charge in [-0.15, -0.1) is 8.78 Å². The van der Waals surface area contributed by atoms with E-state index in [1.165, 1.54) is 30.5 Å². The Bertz CT molecular complexity index is 628. The van der Waals surface area contributed by atoms with Crippen molar-refractivity contribution in [1.82, 2.24) is 10.2 Å². The van der Waals surface area contributed by atoms with Gasteiger partial charge in [0.15, 0.2) is 11.5 Å². The second-order valence-electron chi connectivity index (χ2n) is 3.72. The third kappa shape index (κ3) is 2.07. The summed E-state index contributed by atoms with van der Waals surface area (Å²) in [5, 5.41) is 8.51. The molecule has 2 N–H and O–H groups in total. The smallest absolute Gasteiger partial charge is 0.395 e. The average molecular weight is 267 g/mol. The van der Waals surface area contributed by atoms with Gasteiger partial charge in [0.25, 0.3) is 5.91 Å². The van der Waals surface area contributed by atoms with Crippen LogP contribution in [0.15, 0.2) is 30.5 Å². The molecule has 98 valence electrons. The van der Waals surface area contributed by atoms with Crippen LogP contribution in [0.4, 0.5) is 14.5 Å². The number of ether oxygens (including phenoxy) is 2. The van der Waals surface area contributed by atoms with Crippen LogP contribution in [0, 0.1) is 0 Å². The van der Waals surface area contributed by atoms with Gasteiger partial charge < -0.3 is 14.8 Å². The zero-order chi connectivity index (χ0) is 13.5. The van der Waals surface area contributed by atoms with Crippen LogP contribution in [0.25, 0.3) is 0 Å². The van der Waals surface area contributed by atoms with Crippen molar-refractivity contribution < 1.29 is 23.0 Å². The fraction of sp³-hybridized carbons (Fsp3) is 0.0909. The first-order chi connectivity index (χ1) is 9.05. The Balaban J connectivity index is 1.88. The quantitative estimate of drug-likeness (QED) is 0.872. The van der Waals surface area contributed by atoms with Gasteiger partial charge in [-0.05, 0) is 18.2 Å². The molecule has 2 aromatic rings. The highest BCUT2D eigenvalue weighted by molar-refractivity contribution is 6.03.